The highest BCUT2D eigenvalue weighted by Crippen LogP contribution is 2.35. The predicted octanol–water partition coefficient (Wildman–Crippen LogP) is 7.66. The second kappa shape index (κ2) is 17.0. The highest BCUT2D eigenvalue weighted by molar-refractivity contribution is 9.10. The summed E-state index contributed by atoms with van der Waals surface area (Å²) in [5.74, 6) is 0.368. The first-order valence-corrected chi connectivity index (χ1v) is 18.5. The number of likely N-dealkylation sites (tertiary alicyclic amines) is 2. The number of halogens is 2. The van der Waals surface area contributed by atoms with Gasteiger partial charge in [0.05, 0.1) is 18.1 Å². The highest BCUT2D eigenvalue weighted by Gasteiger charge is 2.36. The number of Topliss-reactive ketones (excluding diaryl/α,β-unsaturated/α-hetero) is 2. The van der Waals surface area contributed by atoms with Crippen molar-refractivity contribution in [2.75, 3.05) is 26.2 Å². The van der Waals surface area contributed by atoms with Crippen molar-refractivity contribution >= 4 is 43.4 Å². The molecule has 2 atom stereocenters. The summed E-state index contributed by atoms with van der Waals surface area (Å²) in [5, 5.41) is 0. The van der Waals surface area contributed by atoms with Crippen molar-refractivity contribution in [3.63, 3.8) is 0 Å². The summed E-state index contributed by atoms with van der Waals surface area (Å²) in [6.07, 6.45) is 14.8. The fourth-order valence-corrected chi connectivity index (χ4v) is 7.92. The number of ketones is 2. The molecule has 2 unspecified atom stereocenters. The lowest BCUT2D eigenvalue weighted by molar-refractivity contribution is 0.0705. The Morgan fingerprint density at radius 1 is 0.771 bits per heavy atom. The first-order chi connectivity index (χ1) is 23.4. The predicted molar refractivity (Wildman–Crippen MR) is 187 cm³/mol. The van der Waals surface area contributed by atoms with Crippen LogP contribution in [0.5, 0.6) is 0 Å². The molecule has 4 aromatic heterocycles. The number of pyridine rings is 2. The van der Waals surface area contributed by atoms with E-state index in [2.05, 4.69) is 67.7 Å². The molecule has 254 valence electrons. The van der Waals surface area contributed by atoms with E-state index in [1.54, 1.807) is 0 Å². The molecule has 2 aliphatic heterocycles. The number of oxazole rings is 2. The number of aromatic nitrogens is 4. The van der Waals surface area contributed by atoms with Gasteiger partial charge >= 0.3 is 0 Å². The maximum absolute atomic E-state index is 13.8. The van der Waals surface area contributed by atoms with Crippen LogP contribution in [-0.2, 0) is 13.1 Å². The molecule has 0 aromatic carbocycles. The minimum Gasteiger partial charge on any atom is -0.442 e. The van der Waals surface area contributed by atoms with Crippen molar-refractivity contribution in [2.24, 2.45) is 23.7 Å². The number of nitrogens with zero attached hydrogens (tertiary/aromatic N) is 6. The van der Waals surface area contributed by atoms with Gasteiger partial charge in [0.1, 0.15) is 21.7 Å². The summed E-state index contributed by atoms with van der Waals surface area (Å²) in [6.45, 7) is 5.49. The maximum atomic E-state index is 13.8. The van der Waals surface area contributed by atoms with Crippen molar-refractivity contribution in [2.45, 2.75) is 64.5 Å². The van der Waals surface area contributed by atoms with Gasteiger partial charge in [0.25, 0.3) is 11.8 Å². The summed E-state index contributed by atoms with van der Waals surface area (Å²) < 4.78 is 12.6. The molecule has 12 heteroatoms. The van der Waals surface area contributed by atoms with Gasteiger partial charge in [0.15, 0.2) is 0 Å². The third kappa shape index (κ3) is 9.55. The zero-order chi connectivity index (χ0) is 33.3. The number of carbonyl (C=O) groups is 2. The van der Waals surface area contributed by atoms with Crippen molar-refractivity contribution in [3.8, 4) is 0 Å². The standard InChI is InChI=1S/C36H42Br2N6O4/c37-31-9-5-26(22-41-31)23-43-16-10-25(11-17-43)4-6-28(33(45)35-39-14-20-47-35)7-8-30(34(46)36-40-15-21-48-36)27-12-18-44(19-13-27)24-29-2-1-3-32(38)42-29/h1-3,5,9,14-15,20-22,25,27-28,30H,4,6-8,10-13,16-19,23-24H2. The Morgan fingerprint density at radius 2 is 1.46 bits per heavy atom. The van der Waals surface area contributed by atoms with Crippen LogP contribution in [0.1, 0.15) is 84.0 Å². The molecule has 0 radical (unpaired) electrons. The summed E-state index contributed by atoms with van der Waals surface area (Å²) in [5.41, 5.74) is 2.24. The van der Waals surface area contributed by atoms with Crippen molar-refractivity contribution < 1.29 is 18.4 Å². The molecule has 0 spiro atoms. The lowest BCUT2D eigenvalue weighted by Crippen LogP contribution is -2.38. The van der Waals surface area contributed by atoms with E-state index in [0.717, 1.165) is 92.7 Å². The van der Waals surface area contributed by atoms with Gasteiger partial charge in [-0.15, -0.1) is 0 Å². The Bertz CT molecular complexity index is 1580. The van der Waals surface area contributed by atoms with Gasteiger partial charge in [-0.05, 0) is 145 Å². The fourth-order valence-electron chi connectivity index (χ4n) is 7.30. The van der Waals surface area contributed by atoms with E-state index >= 15 is 0 Å². The van der Waals surface area contributed by atoms with Crippen LogP contribution >= 0.6 is 31.9 Å². The minimum atomic E-state index is -0.272. The lowest BCUT2D eigenvalue weighted by atomic mass is 9.76. The van der Waals surface area contributed by atoms with Gasteiger partial charge in [0, 0.05) is 31.1 Å². The molecule has 2 aliphatic rings. The first-order valence-electron chi connectivity index (χ1n) is 16.9. The normalized spacial score (nSPS) is 18.1. The van der Waals surface area contributed by atoms with E-state index in [9.17, 15) is 9.59 Å². The molecule has 0 amide bonds. The first kappa shape index (κ1) is 34.8. The van der Waals surface area contributed by atoms with Crippen molar-refractivity contribution in [1.29, 1.82) is 0 Å². The summed E-state index contributed by atoms with van der Waals surface area (Å²) in [4.78, 5) is 49.7. The zero-order valence-corrected chi connectivity index (χ0v) is 30.2. The van der Waals surface area contributed by atoms with E-state index in [1.165, 1.54) is 30.5 Å². The van der Waals surface area contributed by atoms with E-state index in [4.69, 9.17) is 8.83 Å². The van der Waals surface area contributed by atoms with Crippen LogP contribution < -0.4 is 0 Å². The Balaban J connectivity index is 1.07. The molecule has 0 bridgehead atoms. The molecule has 4 aromatic rings. The summed E-state index contributed by atoms with van der Waals surface area (Å²) in [6, 6.07) is 10.1. The quantitative estimate of drug-likeness (QED) is 0.0879. The molecule has 6 rings (SSSR count). The number of hydrogen-bond donors (Lipinski definition) is 0. The largest absolute Gasteiger partial charge is 0.442 e. The highest BCUT2D eigenvalue weighted by atomic mass is 79.9. The second-order valence-corrected chi connectivity index (χ2v) is 14.8. The monoisotopic (exact) mass is 780 g/mol. The average molecular weight is 783 g/mol. The van der Waals surface area contributed by atoms with Crippen LogP contribution in [0.25, 0.3) is 0 Å². The third-order valence-corrected chi connectivity index (χ3v) is 10.9. The van der Waals surface area contributed by atoms with E-state index in [1.807, 2.05) is 30.5 Å². The van der Waals surface area contributed by atoms with Crippen LogP contribution in [0.4, 0.5) is 0 Å². The third-order valence-electron chi connectivity index (χ3n) is 10.0. The molecule has 2 saturated heterocycles. The molecule has 0 aliphatic carbocycles. The second-order valence-electron chi connectivity index (χ2n) is 13.1. The molecule has 48 heavy (non-hydrogen) atoms. The molecule has 10 nitrogen and oxygen atoms in total. The van der Waals surface area contributed by atoms with Gasteiger partial charge in [-0.1, -0.05) is 12.1 Å². The van der Waals surface area contributed by atoms with Gasteiger partial charge in [-0.2, -0.15) is 0 Å². The van der Waals surface area contributed by atoms with Crippen molar-refractivity contribution in [3.05, 3.63) is 93.7 Å². The lowest BCUT2D eigenvalue weighted by Gasteiger charge is -2.35. The van der Waals surface area contributed by atoms with E-state index in [0.29, 0.717) is 18.8 Å². The SMILES string of the molecule is O=C(c1ncco1)C(CCC1CCN(Cc2ccc(Br)nc2)CC1)CCC(C(=O)c1ncco1)C1CCN(Cc2cccc(Br)n2)CC1. The van der Waals surface area contributed by atoms with Gasteiger partial charge in [-0.25, -0.2) is 19.9 Å². The number of carbonyl (C=O) groups excluding carboxylic acids is 2. The van der Waals surface area contributed by atoms with E-state index in [-0.39, 0.29) is 41.1 Å². The smallest absolute Gasteiger partial charge is 0.263 e. The van der Waals surface area contributed by atoms with Gasteiger partial charge < -0.3 is 8.83 Å². The zero-order valence-electron chi connectivity index (χ0n) is 27.1. The minimum absolute atomic E-state index is 0.0669. The van der Waals surface area contributed by atoms with Crippen LogP contribution in [0.2, 0.25) is 0 Å². The maximum Gasteiger partial charge on any atom is 0.263 e. The number of piperidine rings is 2. The van der Waals surface area contributed by atoms with Crippen LogP contribution in [0, 0.1) is 23.7 Å². The molecule has 6 heterocycles. The van der Waals surface area contributed by atoms with E-state index < -0.39 is 0 Å². The average Bonchev–Trinajstić information content (AvgIpc) is 3.84. The Kier molecular flexibility index (Phi) is 12.4. The van der Waals surface area contributed by atoms with Crippen LogP contribution in [-0.4, -0.2) is 67.5 Å². The number of rotatable bonds is 15. The Hall–Kier alpha value is -3.06. The Labute approximate surface area is 298 Å². The van der Waals surface area contributed by atoms with Crippen molar-refractivity contribution in [1.82, 2.24) is 29.7 Å². The topological polar surface area (TPSA) is 118 Å². The Morgan fingerprint density at radius 3 is 2.10 bits per heavy atom. The van der Waals surface area contributed by atoms with Gasteiger partial charge in [0.2, 0.25) is 11.6 Å². The summed E-state index contributed by atoms with van der Waals surface area (Å²) >= 11 is 6.88. The fraction of sp³-hybridized carbons (Fsp3) is 0.500. The molecular formula is C36H42Br2N6O4. The molecule has 2 fully saturated rings. The van der Waals surface area contributed by atoms with Crippen LogP contribution in [0.3, 0.4) is 0 Å². The molecule has 0 N–H and O–H groups in total. The molecule has 0 saturated carbocycles. The summed E-state index contributed by atoms with van der Waals surface area (Å²) in [7, 11) is 0. The molecular weight excluding hydrogens is 740 g/mol. The number of hydrogen-bond acceptors (Lipinski definition) is 10. The van der Waals surface area contributed by atoms with Gasteiger partial charge in [-0.3, -0.25) is 19.4 Å². The van der Waals surface area contributed by atoms with Crippen LogP contribution in [0.15, 0.2) is 79.5 Å².